The van der Waals surface area contributed by atoms with Gasteiger partial charge in [-0.3, -0.25) is 4.99 Å². The van der Waals surface area contributed by atoms with E-state index in [0.29, 0.717) is 25.6 Å². The molecule has 0 amide bonds. The molecule has 1 fully saturated rings. The molecule has 8 heteroatoms. The number of guanidine groups is 1. The van der Waals surface area contributed by atoms with Gasteiger partial charge in [0.2, 0.25) is 0 Å². The van der Waals surface area contributed by atoms with Gasteiger partial charge in [0.1, 0.15) is 5.75 Å². The molecule has 1 aliphatic heterocycles. The molecule has 0 aliphatic carbocycles. The summed E-state index contributed by atoms with van der Waals surface area (Å²) in [6.45, 7) is 10.2. The summed E-state index contributed by atoms with van der Waals surface area (Å²) in [6, 6.07) is 8.15. The summed E-state index contributed by atoms with van der Waals surface area (Å²) in [4.78, 5) is 6.83. The van der Waals surface area contributed by atoms with Crippen LogP contribution in [-0.4, -0.2) is 63.1 Å². The highest BCUT2D eigenvalue weighted by Crippen LogP contribution is 2.24. The molecule has 1 atom stereocenters. The van der Waals surface area contributed by atoms with Crippen LogP contribution in [0.2, 0.25) is 0 Å². The number of rotatable bonds is 6. The average Bonchev–Trinajstić information content (AvgIpc) is 2.63. The second-order valence-electron chi connectivity index (χ2n) is 7.70. The first-order valence-corrected chi connectivity index (χ1v) is 11.2. The molecule has 1 aromatic rings. The highest BCUT2D eigenvalue weighted by molar-refractivity contribution is 14.0. The molecule has 0 radical (unpaired) electrons. The zero-order valence-corrected chi connectivity index (χ0v) is 20.7. The van der Waals surface area contributed by atoms with Crippen LogP contribution in [0.5, 0.6) is 5.75 Å². The van der Waals surface area contributed by atoms with E-state index in [1.165, 1.54) is 5.56 Å². The molecule has 0 aromatic heterocycles. The topological polar surface area (TPSA) is 71.0 Å². The van der Waals surface area contributed by atoms with Crippen molar-refractivity contribution in [1.29, 1.82) is 0 Å². The Morgan fingerprint density at radius 1 is 1.32 bits per heavy atom. The Labute approximate surface area is 187 Å². The van der Waals surface area contributed by atoms with Gasteiger partial charge in [0, 0.05) is 26.2 Å². The monoisotopic (exact) mass is 523 g/mol. The molecule has 0 spiro atoms. The van der Waals surface area contributed by atoms with Crippen LogP contribution in [0.3, 0.4) is 0 Å². The van der Waals surface area contributed by atoms with Crippen molar-refractivity contribution in [2.45, 2.75) is 44.8 Å². The minimum Gasteiger partial charge on any atom is -0.497 e. The molecule has 1 aromatic carbocycles. The van der Waals surface area contributed by atoms with E-state index in [9.17, 15) is 8.42 Å². The standard InChI is InChI=1S/C20H33N3O3S.HI/c1-6-21-19(23-13-14-27(24,25)20(3,4)15-23)22-12-11-16(2)17-7-9-18(26-5)10-8-17;/h7-10,16H,6,11-15H2,1-5H3,(H,21,22);1H. The Bertz CT molecular complexity index is 748. The van der Waals surface area contributed by atoms with Crippen LogP contribution in [0.25, 0.3) is 0 Å². The maximum Gasteiger partial charge on any atom is 0.193 e. The van der Waals surface area contributed by atoms with Crippen molar-refractivity contribution in [3.8, 4) is 5.75 Å². The molecule has 1 heterocycles. The van der Waals surface area contributed by atoms with E-state index < -0.39 is 14.6 Å². The lowest BCUT2D eigenvalue weighted by Crippen LogP contribution is -2.57. The summed E-state index contributed by atoms with van der Waals surface area (Å²) in [5, 5.41) is 3.31. The number of aliphatic imine (C=N–C) groups is 1. The molecule has 160 valence electrons. The highest BCUT2D eigenvalue weighted by atomic mass is 127. The number of benzene rings is 1. The van der Waals surface area contributed by atoms with Crippen molar-refractivity contribution >= 4 is 39.8 Å². The fourth-order valence-electron chi connectivity index (χ4n) is 3.21. The van der Waals surface area contributed by atoms with Gasteiger partial charge in [-0.15, -0.1) is 24.0 Å². The molecule has 1 unspecified atom stereocenters. The number of hydrogen-bond donors (Lipinski definition) is 1. The Morgan fingerprint density at radius 3 is 2.50 bits per heavy atom. The van der Waals surface area contributed by atoms with E-state index in [1.807, 2.05) is 19.1 Å². The van der Waals surface area contributed by atoms with Gasteiger partial charge in [-0.2, -0.15) is 0 Å². The number of hydrogen-bond acceptors (Lipinski definition) is 4. The van der Waals surface area contributed by atoms with Gasteiger partial charge in [-0.05, 0) is 50.8 Å². The van der Waals surface area contributed by atoms with Crippen LogP contribution in [0.1, 0.15) is 45.6 Å². The van der Waals surface area contributed by atoms with Crippen LogP contribution >= 0.6 is 24.0 Å². The number of nitrogens with one attached hydrogen (secondary N) is 1. The summed E-state index contributed by atoms with van der Waals surface area (Å²) >= 11 is 0. The average molecular weight is 523 g/mol. The molecule has 0 bridgehead atoms. The molecule has 0 saturated carbocycles. The van der Waals surface area contributed by atoms with E-state index in [1.54, 1.807) is 21.0 Å². The molecular formula is C20H34IN3O3S. The summed E-state index contributed by atoms with van der Waals surface area (Å²) in [7, 11) is -1.38. The van der Waals surface area contributed by atoms with Crippen LogP contribution in [0, 0.1) is 0 Å². The lowest BCUT2D eigenvalue weighted by atomic mass is 9.98. The van der Waals surface area contributed by atoms with Crippen molar-refractivity contribution in [3.05, 3.63) is 29.8 Å². The summed E-state index contributed by atoms with van der Waals surface area (Å²) in [6.07, 6.45) is 0.927. The number of halogens is 1. The number of methoxy groups -OCH3 is 1. The second kappa shape index (κ2) is 10.7. The first-order valence-electron chi connectivity index (χ1n) is 9.59. The minimum atomic E-state index is -3.05. The third kappa shape index (κ3) is 6.23. The fourth-order valence-corrected chi connectivity index (χ4v) is 4.58. The van der Waals surface area contributed by atoms with Gasteiger partial charge < -0.3 is 15.0 Å². The molecule has 1 saturated heterocycles. The quantitative estimate of drug-likeness (QED) is 0.352. The largest absolute Gasteiger partial charge is 0.497 e. The van der Waals surface area contributed by atoms with Crippen molar-refractivity contribution in [2.24, 2.45) is 4.99 Å². The minimum absolute atomic E-state index is 0. The molecular weight excluding hydrogens is 489 g/mol. The first-order chi connectivity index (χ1) is 12.7. The lowest BCUT2D eigenvalue weighted by molar-refractivity contribution is 0.353. The maximum atomic E-state index is 12.2. The maximum absolute atomic E-state index is 12.2. The smallest absolute Gasteiger partial charge is 0.193 e. The molecule has 6 nitrogen and oxygen atoms in total. The van der Waals surface area contributed by atoms with Gasteiger partial charge in [-0.25, -0.2) is 8.42 Å². The first kappa shape index (κ1) is 25.0. The van der Waals surface area contributed by atoms with E-state index in [-0.39, 0.29) is 29.7 Å². The highest BCUT2D eigenvalue weighted by Gasteiger charge is 2.40. The Kier molecular flexibility index (Phi) is 9.52. The lowest BCUT2D eigenvalue weighted by Gasteiger charge is -2.39. The van der Waals surface area contributed by atoms with Gasteiger partial charge in [-0.1, -0.05) is 19.1 Å². The summed E-state index contributed by atoms with van der Waals surface area (Å²) < 4.78 is 28.9. The Morgan fingerprint density at radius 2 is 1.96 bits per heavy atom. The van der Waals surface area contributed by atoms with Gasteiger partial charge in [0.15, 0.2) is 15.8 Å². The number of nitrogens with zero attached hydrogens (tertiary/aromatic N) is 2. The van der Waals surface area contributed by atoms with E-state index >= 15 is 0 Å². The fraction of sp³-hybridized carbons (Fsp3) is 0.650. The summed E-state index contributed by atoms with van der Waals surface area (Å²) in [5.74, 6) is 2.23. The van der Waals surface area contributed by atoms with Gasteiger partial charge in [0.25, 0.3) is 0 Å². The second-order valence-corrected chi connectivity index (χ2v) is 10.4. The van der Waals surface area contributed by atoms with Crippen LogP contribution in [0.15, 0.2) is 29.3 Å². The van der Waals surface area contributed by atoms with Crippen molar-refractivity contribution in [2.75, 3.05) is 39.0 Å². The van der Waals surface area contributed by atoms with Crippen LogP contribution < -0.4 is 10.1 Å². The normalized spacial score (nSPS) is 19.5. The molecule has 1 aliphatic rings. The van der Waals surface area contributed by atoms with Gasteiger partial charge in [0.05, 0.1) is 17.6 Å². The SMILES string of the molecule is CCNC(=NCCC(C)c1ccc(OC)cc1)N1CCS(=O)(=O)C(C)(C)C1.I. The zero-order chi connectivity index (χ0) is 20.1. The van der Waals surface area contributed by atoms with Crippen LogP contribution in [-0.2, 0) is 9.84 Å². The molecule has 1 N–H and O–H groups in total. The van der Waals surface area contributed by atoms with E-state index in [2.05, 4.69) is 29.3 Å². The Hall–Kier alpha value is -1.03. The van der Waals surface area contributed by atoms with E-state index in [4.69, 9.17) is 9.73 Å². The number of ether oxygens (including phenoxy) is 1. The number of sulfone groups is 1. The third-order valence-corrected chi connectivity index (χ3v) is 7.72. The predicted octanol–water partition coefficient (Wildman–Crippen LogP) is 3.28. The van der Waals surface area contributed by atoms with Crippen molar-refractivity contribution < 1.29 is 13.2 Å². The predicted molar refractivity (Wildman–Crippen MR) is 127 cm³/mol. The third-order valence-electron chi connectivity index (χ3n) is 5.19. The van der Waals surface area contributed by atoms with E-state index in [0.717, 1.165) is 24.7 Å². The van der Waals surface area contributed by atoms with Gasteiger partial charge >= 0.3 is 0 Å². The summed E-state index contributed by atoms with van der Waals surface area (Å²) in [5.41, 5.74) is 1.26. The Balaban J connectivity index is 0.00000392. The zero-order valence-electron chi connectivity index (χ0n) is 17.6. The van der Waals surface area contributed by atoms with Crippen molar-refractivity contribution in [3.63, 3.8) is 0 Å². The molecule has 28 heavy (non-hydrogen) atoms. The van der Waals surface area contributed by atoms with Crippen molar-refractivity contribution in [1.82, 2.24) is 10.2 Å². The molecule has 2 rings (SSSR count). The van der Waals surface area contributed by atoms with Crippen LogP contribution in [0.4, 0.5) is 0 Å².